The molecule has 4 fully saturated rings. The summed E-state index contributed by atoms with van der Waals surface area (Å²) in [5.41, 5.74) is 10.9. The van der Waals surface area contributed by atoms with Crippen LogP contribution in [0.25, 0.3) is 89.0 Å². The number of methoxy groups -OCH3 is 3. The van der Waals surface area contributed by atoms with Crippen LogP contribution >= 0.6 is 11.3 Å². The summed E-state index contributed by atoms with van der Waals surface area (Å²) >= 11 is 1.61. The van der Waals surface area contributed by atoms with Gasteiger partial charge in [0.25, 0.3) is 0 Å². The van der Waals surface area contributed by atoms with Crippen LogP contribution in [0.5, 0.6) is 0 Å². The highest BCUT2D eigenvalue weighted by Gasteiger charge is 2.49. The summed E-state index contributed by atoms with van der Waals surface area (Å²) in [6, 6.07) is 41.9. The van der Waals surface area contributed by atoms with E-state index in [4.69, 9.17) is 14.2 Å². The zero-order chi connectivity index (χ0) is 91.5. The Morgan fingerprint density at radius 1 is 0.432 bits per heavy atom. The van der Waals surface area contributed by atoms with Crippen molar-refractivity contribution in [3.63, 3.8) is 0 Å². The highest BCUT2D eigenvalue weighted by molar-refractivity contribution is 7.10. The summed E-state index contributed by atoms with van der Waals surface area (Å²) in [6.07, 6.45) is 18.6. The van der Waals surface area contributed by atoms with E-state index >= 15 is 0 Å². The van der Waals surface area contributed by atoms with Crippen LogP contribution in [0.3, 0.4) is 0 Å². The molecule has 3 atom stereocenters. The minimum Gasteiger partial charge on any atom is -0.384 e. The van der Waals surface area contributed by atoms with Crippen LogP contribution < -0.4 is 16.0 Å². The molecule has 13 aromatic rings. The Kier molecular flexibility index (Phi) is 27.7. The van der Waals surface area contributed by atoms with Crippen molar-refractivity contribution in [2.45, 2.75) is 50.9 Å². The number of benzene rings is 5. The molecule has 4 saturated heterocycles. The van der Waals surface area contributed by atoms with Crippen molar-refractivity contribution < 1.29 is 60.5 Å². The maximum Gasteiger partial charge on any atom is 0.237 e. The molecular formula is C97H99F4N21O9S. The number of nitrogens with zero attached hydrogens (tertiary/aromatic N) is 15. The monoisotopic (exact) mass is 1810 g/mol. The average Bonchev–Trinajstić information content (AvgIpc) is 1.64. The van der Waals surface area contributed by atoms with Crippen LogP contribution in [0.4, 0.5) is 34.6 Å². The highest BCUT2D eigenvalue weighted by atomic mass is 32.1. The van der Waals surface area contributed by atoms with Gasteiger partial charge < -0.3 is 44.9 Å². The number of carbonyl (C=O) groups excluding carboxylic acids is 6. The molecule has 6 aliphatic rings. The van der Waals surface area contributed by atoms with Gasteiger partial charge in [0.15, 0.2) is 5.82 Å². The maximum atomic E-state index is 13.8. The molecule has 35 heteroatoms. The van der Waals surface area contributed by atoms with Crippen LogP contribution in [0.1, 0.15) is 67.0 Å². The van der Waals surface area contributed by atoms with Crippen molar-refractivity contribution in [2.75, 3.05) is 155 Å². The molecule has 0 radical (unpaired) electrons. The first-order valence-corrected chi connectivity index (χ1v) is 44.7. The predicted octanol–water partition coefficient (Wildman–Crippen LogP) is 13.2. The number of H-pyrrole nitrogens is 3. The van der Waals surface area contributed by atoms with Gasteiger partial charge in [-0.25, -0.2) is 34.3 Å². The summed E-state index contributed by atoms with van der Waals surface area (Å²) in [7, 11) is 4.75. The fraction of sp³-hybridized carbons (Fsp3) is 0.330. The van der Waals surface area contributed by atoms with E-state index in [0.29, 0.717) is 167 Å². The molecule has 8 aromatic heterocycles. The third-order valence-corrected chi connectivity index (χ3v) is 26.5. The third-order valence-electron chi connectivity index (χ3n) is 25.6. The van der Waals surface area contributed by atoms with E-state index in [1.54, 1.807) is 92.6 Å². The predicted molar refractivity (Wildman–Crippen MR) is 493 cm³/mol. The summed E-state index contributed by atoms with van der Waals surface area (Å²) in [4.78, 5) is 117. The summed E-state index contributed by atoms with van der Waals surface area (Å²) < 4.78 is 70.2. The van der Waals surface area contributed by atoms with Crippen LogP contribution in [0.15, 0.2) is 200 Å². The van der Waals surface area contributed by atoms with E-state index in [2.05, 4.69) is 112 Å². The van der Waals surface area contributed by atoms with Gasteiger partial charge in [0.2, 0.25) is 53.3 Å². The van der Waals surface area contributed by atoms with Gasteiger partial charge in [-0.2, -0.15) is 28.5 Å². The molecule has 0 saturated carbocycles. The molecule has 6 aliphatic heterocycles. The van der Waals surface area contributed by atoms with Gasteiger partial charge in [-0.05, 0) is 202 Å². The molecule has 0 aliphatic carbocycles. The fourth-order valence-electron chi connectivity index (χ4n) is 18.5. The Balaban J connectivity index is 0.000000139. The lowest BCUT2D eigenvalue weighted by atomic mass is 9.86. The number of likely N-dealkylation sites (tertiary alicyclic amines) is 4. The van der Waals surface area contributed by atoms with Gasteiger partial charge in [0.05, 0.1) is 72.2 Å². The van der Waals surface area contributed by atoms with Crippen LogP contribution in [-0.2, 0) is 43.0 Å². The Morgan fingerprint density at radius 2 is 0.848 bits per heavy atom. The third kappa shape index (κ3) is 20.6. The molecule has 132 heavy (non-hydrogen) atoms. The molecule has 6 N–H and O–H groups in total. The normalized spacial score (nSPS) is 19.1. The number of pyridine rings is 3. The first-order chi connectivity index (χ1) is 64.2. The van der Waals surface area contributed by atoms with Crippen molar-refractivity contribution >= 4 is 108 Å². The molecule has 30 nitrogen and oxygen atoms in total. The number of thiazole rings is 1. The molecule has 5 aromatic carbocycles. The highest BCUT2D eigenvalue weighted by Crippen LogP contribution is 2.41. The quantitative estimate of drug-likeness (QED) is 0.0229. The lowest BCUT2D eigenvalue weighted by molar-refractivity contribution is -0.134. The number of hydrogen-bond donors (Lipinski definition) is 6. The standard InChI is InChI=1S/C36H37FN8O3.C32H32F2N6O3.C29H30FN7O3S/c1-48-23-36(35(47)41-28-8-9-30-29(19-28)33(43-42-30)27-7-10-31(37)40-20-27)13-18-44(22-36)21-32(46)45-16-11-25(12-17-45)24-3-5-26(6-4-24)34-38-14-2-15-39-34;1-43-20-32(31(42)36-25-6-7-27-26(16-25)30(38-37-27)23-5-8-28(34)35-17-23)11-14-39(19-32)18-29(41)40-12-9-21(10-13-40)22-3-2-4-24(33)15-22;1-40-18-29(8-12-36(17-29)16-25(38)37-10-6-19(7-11-37)27-31-9-13-41-27)28(39)33-21-3-4-23-22(14-21)26(35-34-23)20-2-5-24(30)32-15-20/h2-10,14-15,19-20,25H,11-13,16-18,21-23H2,1H3,(H,41,47)(H,42,43);2-9,15-17H,10-14,18-20H2,1H3,(H,36,42)(H,37,38);2-6,9,13-15H,7-8,10-12,16-18H2,1H3,(H,33,39)(H,34,35)/t36-;32-;29-/m111/s1. The number of anilines is 3. The lowest BCUT2D eigenvalue weighted by Crippen LogP contribution is -2.46. The van der Waals surface area contributed by atoms with Gasteiger partial charge in [0, 0.05) is 178 Å². The number of nitrogens with one attached hydrogen (secondary N) is 6. The molecule has 0 unspecified atom stereocenters. The number of amides is 6. The summed E-state index contributed by atoms with van der Waals surface area (Å²) in [6.45, 7) is 8.17. The molecule has 0 spiro atoms. The van der Waals surface area contributed by atoms with Crippen molar-refractivity contribution in [2.24, 2.45) is 16.2 Å². The zero-order valence-electron chi connectivity index (χ0n) is 73.1. The Hall–Kier alpha value is -13.6. The fourth-order valence-corrected chi connectivity index (χ4v) is 19.2. The smallest absolute Gasteiger partial charge is 0.237 e. The minimum atomic E-state index is -0.823. The molecule has 0 bridgehead atoms. The van der Waals surface area contributed by atoms with Gasteiger partial charge in [-0.15, -0.1) is 11.3 Å². The van der Waals surface area contributed by atoms with E-state index in [9.17, 15) is 46.3 Å². The number of carbonyl (C=O) groups is 6. The molecule has 19 rings (SSSR count). The second-order valence-electron chi connectivity index (χ2n) is 34.3. The van der Waals surface area contributed by atoms with Crippen LogP contribution in [0, 0.1) is 39.9 Å². The van der Waals surface area contributed by atoms with E-state index in [0.717, 1.165) is 73.7 Å². The number of piperidine rings is 1. The summed E-state index contributed by atoms with van der Waals surface area (Å²) in [5, 5.41) is 36.5. The Bertz CT molecular complexity index is 6380. The molecule has 14 heterocycles. The van der Waals surface area contributed by atoms with Gasteiger partial charge in [0.1, 0.15) is 27.9 Å². The number of rotatable bonds is 25. The van der Waals surface area contributed by atoms with Crippen molar-refractivity contribution in [1.29, 1.82) is 0 Å². The lowest BCUT2D eigenvalue weighted by Gasteiger charge is -2.33. The number of hydrogen-bond acceptors (Lipinski definition) is 22. The first kappa shape index (κ1) is 90.4. The number of aromatic amines is 3. The van der Waals surface area contributed by atoms with Crippen molar-refractivity contribution in [1.82, 2.24) is 89.9 Å². The Morgan fingerprint density at radius 3 is 1.23 bits per heavy atom. The van der Waals surface area contributed by atoms with Crippen LogP contribution in [-0.4, -0.2) is 265 Å². The van der Waals surface area contributed by atoms with Gasteiger partial charge in [-0.1, -0.05) is 48.6 Å². The average molecular weight is 1810 g/mol. The van der Waals surface area contributed by atoms with Crippen molar-refractivity contribution in [3.05, 3.63) is 240 Å². The number of ether oxygens (including phenoxy) is 3. The number of halogens is 4. The van der Waals surface area contributed by atoms with E-state index in [1.807, 2.05) is 85.7 Å². The van der Waals surface area contributed by atoms with E-state index < -0.39 is 34.1 Å². The summed E-state index contributed by atoms with van der Waals surface area (Å²) in [5.74, 6) is -1.22. The largest absolute Gasteiger partial charge is 0.384 e. The van der Waals surface area contributed by atoms with Crippen LogP contribution in [0.2, 0.25) is 0 Å². The zero-order valence-corrected chi connectivity index (χ0v) is 73.9. The molecule has 6 amide bonds. The molecule has 680 valence electrons. The SMILES string of the molecule is COC[C@@]1(C(=O)Nc2ccc3[nH]nc(-c4ccc(F)nc4)c3c2)CCN(CC(=O)N2CC=C(c3cccc(F)c3)CC2)C1.COC[C@@]1(C(=O)Nc2ccc3[nH]nc(-c4ccc(F)nc4)c3c2)CCN(CC(=O)N2CC=C(c3nccs3)CC2)C1.COC[C@@]1(C(=O)Nc2ccc3[nH]nc(-c4ccc(F)nc4)c3c2)CCN(CC(=O)N2CCC(c3ccc(-c4ncccn4)cc3)CC2)C1. The number of fused-ring (bicyclic) bond motifs is 3. The Labute approximate surface area is 761 Å². The maximum absolute atomic E-state index is 13.8. The number of aromatic nitrogens is 12. The van der Waals surface area contributed by atoms with Gasteiger partial charge >= 0.3 is 0 Å². The van der Waals surface area contributed by atoms with Gasteiger partial charge in [-0.3, -0.25) is 58.8 Å². The first-order valence-electron chi connectivity index (χ1n) is 43.8. The minimum absolute atomic E-state index is 0.00334. The molecular weight excluding hydrogens is 1710 g/mol. The van der Waals surface area contributed by atoms with E-state index in [-0.39, 0.29) is 80.7 Å². The second-order valence-corrected chi connectivity index (χ2v) is 35.2. The van der Waals surface area contributed by atoms with Crippen molar-refractivity contribution in [3.8, 4) is 45.2 Å². The second kappa shape index (κ2) is 40.4. The topological polar surface area (TPSA) is 349 Å². The van der Waals surface area contributed by atoms with E-state index in [1.165, 1.54) is 60.1 Å².